The van der Waals surface area contributed by atoms with Crippen molar-refractivity contribution in [3.63, 3.8) is 0 Å². The molecular formula is C13H18ClFN2O2. The van der Waals surface area contributed by atoms with Gasteiger partial charge in [-0.05, 0) is 37.1 Å². The Morgan fingerprint density at radius 2 is 2.00 bits per heavy atom. The molecule has 0 bridgehead atoms. The van der Waals surface area contributed by atoms with E-state index in [1.807, 2.05) is 0 Å². The highest BCUT2D eigenvalue weighted by atomic mass is 35.5. The van der Waals surface area contributed by atoms with Gasteiger partial charge in [-0.1, -0.05) is 0 Å². The summed E-state index contributed by atoms with van der Waals surface area (Å²) in [6.45, 7) is 0.832. The Hall–Kier alpha value is -1.33. The van der Waals surface area contributed by atoms with Crippen LogP contribution in [0.2, 0.25) is 0 Å². The highest BCUT2D eigenvalue weighted by Crippen LogP contribution is 2.33. The van der Waals surface area contributed by atoms with E-state index in [0.29, 0.717) is 18.9 Å². The number of hydrogen-bond acceptors (Lipinski definition) is 3. The van der Waals surface area contributed by atoms with Gasteiger partial charge in [0.05, 0.1) is 12.1 Å². The first-order valence-corrected chi connectivity index (χ1v) is 5.94. The molecule has 2 N–H and O–H groups in total. The van der Waals surface area contributed by atoms with E-state index in [2.05, 4.69) is 0 Å². The highest BCUT2D eigenvalue weighted by Gasteiger charge is 2.47. The third kappa shape index (κ3) is 4.08. The summed E-state index contributed by atoms with van der Waals surface area (Å²) < 4.78 is 18.1. The van der Waals surface area contributed by atoms with Crippen LogP contribution in [0.4, 0.5) is 4.39 Å². The molecule has 1 saturated carbocycles. The first-order chi connectivity index (χ1) is 8.51. The van der Waals surface area contributed by atoms with Gasteiger partial charge in [-0.15, -0.1) is 12.4 Å². The summed E-state index contributed by atoms with van der Waals surface area (Å²) in [4.78, 5) is 13.4. The van der Waals surface area contributed by atoms with E-state index in [1.54, 1.807) is 24.1 Å². The van der Waals surface area contributed by atoms with Crippen LogP contribution >= 0.6 is 12.4 Å². The number of hydrogen-bond donors (Lipinski definition) is 1. The summed E-state index contributed by atoms with van der Waals surface area (Å²) in [5.74, 6) is 0.254. The van der Waals surface area contributed by atoms with Crippen LogP contribution in [0.5, 0.6) is 5.75 Å². The van der Waals surface area contributed by atoms with Crippen molar-refractivity contribution in [1.29, 1.82) is 0 Å². The standard InChI is InChI=1S/C13H17FN2O2.ClH/c1-16(12(17)13(15)6-7-13)8-9-18-11-4-2-10(14)3-5-11;/h2-5H,6-9,15H2,1H3;1H. The lowest BCUT2D eigenvalue weighted by Gasteiger charge is -2.20. The molecule has 6 heteroatoms. The summed E-state index contributed by atoms with van der Waals surface area (Å²) in [6, 6.07) is 5.79. The van der Waals surface area contributed by atoms with Crippen LogP contribution < -0.4 is 10.5 Å². The summed E-state index contributed by atoms with van der Waals surface area (Å²) in [5.41, 5.74) is 5.18. The molecule has 0 heterocycles. The Morgan fingerprint density at radius 1 is 1.42 bits per heavy atom. The zero-order chi connectivity index (χ0) is 13.2. The summed E-state index contributed by atoms with van der Waals surface area (Å²) >= 11 is 0. The van der Waals surface area contributed by atoms with Crippen molar-refractivity contribution in [1.82, 2.24) is 4.90 Å². The molecule has 1 amide bonds. The van der Waals surface area contributed by atoms with Crippen molar-refractivity contribution >= 4 is 18.3 Å². The molecule has 1 aromatic carbocycles. The van der Waals surface area contributed by atoms with Gasteiger partial charge in [0.25, 0.3) is 0 Å². The topological polar surface area (TPSA) is 55.6 Å². The second kappa shape index (κ2) is 6.21. The van der Waals surface area contributed by atoms with E-state index in [9.17, 15) is 9.18 Å². The minimum atomic E-state index is -0.634. The Morgan fingerprint density at radius 3 is 2.53 bits per heavy atom. The molecule has 19 heavy (non-hydrogen) atoms. The molecule has 106 valence electrons. The van der Waals surface area contributed by atoms with Crippen LogP contribution in [0.1, 0.15) is 12.8 Å². The Labute approximate surface area is 118 Å². The zero-order valence-electron chi connectivity index (χ0n) is 10.8. The highest BCUT2D eigenvalue weighted by molar-refractivity contribution is 5.88. The molecular weight excluding hydrogens is 271 g/mol. The summed E-state index contributed by atoms with van der Waals surface area (Å²) in [7, 11) is 1.71. The molecule has 1 fully saturated rings. The predicted molar refractivity (Wildman–Crippen MR) is 72.9 cm³/mol. The molecule has 0 radical (unpaired) electrons. The minimum Gasteiger partial charge on any atom is -0.492 e. The van der Waals surface area contributed by atoms with E-state index >= 15 is 0 Å². The van der Waals surface area contributed by atoms with Crippen molar-refractivity contribution in [2.75, 3.05) is 20.2 Å². The van der Waals surface area contributed by atoms with Crippen molar-refractivity contribution in [3.8, 4) is 5.75 Å². The fourth-order valence-corrected chi connectivity index (χ4v) is 1.66. The maximum Gasteiger partial charge on any atom is 0.242 e. The summed E-state index contributed by atoms with van der Waals surface area (Å²) in [5, 5.41) is 0. The Kier molecular flexibility index (Phi) is 5.14. The van der Waals surface area contributed by atoms with E-state index in [0.717, 1.165) is 12.8 Å². The molecule has 0 aliphatic heterocycles. The fourth-order valence-electron chi connectivity index (χ4n) is 1.66. The monoisotopic (exact) mass is 288 g/mol. The van der Waals surface area contributed by atoms with Crippen LogP contribution in [0, 0.1) is 5.82 Å². The van der Waals surface area contributed by atoms with E-state index in [1.165, 1.54) is 12.1 Å². The van der Waals surface area contributed by atoms with Gasteiger partial charge in [0.1, 0.15) is 18.2 Å². The van der Waals surface area contributed by atoms with E-state index < -0.39 is 5.54 Å². The van der Waals surface area contributed by atoms with Gasteiger partial charge in [0, 0.05) is 7.05 Å². The first kappa shape index (κ1) is 15.7. The molecule has 0 saturated heterocycles. The fraction of sp³-hybridized carbons (Fsp3) is 0.462. The molecule has 2 rings (SSSR count). The number of nitrogens with zero attached hydrogens (tertiary/aromatic N) is 1. The molecule has 0 spiro atoms. The average molecular weight is 289 g/mol. The van der Waals surface area contributed by atoms with Crippen LogP contribution in [-0.4, -0.2) is 36.5 Å². The predicted octanol–water partition coefficient (Wildman–Crippen LogP) is 1.58. The van der Waals surface area contributed by atoms with Crippen molar-refractivity contribution in [2.45, 2.75) is 18.4 Å². The Bertz CT molecular complexity index is 435. The van der Waals surface area contributed by atoms with E-state index in [-0.39, 0.29) is 24.1 Å². The quantitative estimate of drug-likeness (QED) is 0.895. The van der Waals surface area contributed by atoms with Crippen LogP contribution in [-0.2, 0) is 4.79 Å². The second-order valence-corrected chi connectivity index (χ2v) is 4.69. The third-order valence-corrected chi connectivity index (χ3v) is 3.07. The second-order valence-electron chi connectivity index (χ2n) is 4.69. The number of carbonyl (C=O) groups is 1. The normalized spacial score (nSPS) is 15.3. The number of amides is 1. The van der Waals surface area contributed by atoms with Gasteiger partial charge in [0.2, 0.25) is 5.91 Å². The lowest BCUT2D eigenvalue weighted by atomic mass is 10.2. The number of halogens is 2. The van der Waals surface area contributed by atoms with Crippen molar-refractivity contribution in [3.05, 3.63) is 30.1 Å². The third-order valence-electron chi connectivity index (χ3n) is 3.07. The van der Waals surface area contributed by atoms with Gasteiger partial charge >= 0.3 is 0 Å². The molecule has 0 atom stereocenters. The minimum absolute atomic E-state index is 0. The van der Waals surface area contributed by atoms with Crippen molar-refractivity contribution < 1.29 is 13.9 Å². The molecule has 0 unspecified atom stereocenters. The largest absolute Gasteiger partial charge is 0.492 e. The molecule has 1 aliphatic carbocycles. The number of benzene rings is 1. The van der Waals surface area contributed by atoms with Crippen LogP contribution in [0.15, 0.2) is 24.3 Å². The molecule has 0 aromatic heterocycles. The van der Waals surface area contributed by atoms with Gasteiger partial charge < -0.3 is 15.4 Å². The number of carbonyl (C=O) groups excluding carboxylic acids is 1. The maximum atomic E-state index is 12.7. The lowest BCUT2D eigenvalue weighted by Crippen LogP contribution is -2.45. The number of likely N-dealkylation sites (N-methyl/N-ethyl adjacent to an activating group) is 1. The van der Waals surface area contributed by atoms with Gasteiger partial charge in [-0.25, -0.2) is 4.39 Å². The van der Waals surface area contributed by atoms with Crippen LogP contribution in [0.25, 0.3) is 0 Å². The molecule has 1 aliphatic rings. The number of ether oxygens (including phenoxy) is 1. The molecule has 4 nitrogen and oxygen atoms in total. The molecule has 1 aromatic rings. The number of nitrogens with two attached hydrogens (primary N) is 1. The Balaban J connectivity index is 0.00000180. The summed E-state index contributed by atoms with van der Waals surface area (Å²) in [6.07, 6.45) is 1.52. The van der Waals surface area contributed by atoms with Crippen molar-refractivity contribution in [2.24, 2.45) is 5.73 Å². The van der Waals surface area contributed by atoms with Gasteiger partial charge in [-0.3, -0.25) is 4.79 Å². The first-order valence-electron chi connectivity index (χ1n) is 5.94. The van der Waals surface area contributed by atoms with Gasteiger partial charge in [-0.2, -0.15) is 0 Å². The lowest BCUT2D eigenvalue weighted by molar-refractivity contribution is -0.132. The maximum absolute atomic E-state index is 12.7. The average Bonchev–Trinajstić information content (AvgIpc) is 3.10. The smallest absolute Gasteiger partial charge is 0.242 e. The van der Waals surface area contributed by atoms with Crippen LogP contribution in [0.3, 0.4) is 0 Å². The van der Waals surface area contributed by atoms with E-state index in [4.69, 9.17) is 10.5 Å². The van der Waals surface area contributed by atoms with Gasteiger partial charge in [0.15, 0.2) is 0 Å². The SMILES string of the molecule is CN(CCOc1ccc(F)cc1)C(=O)C1(N)CC1.Cl. The zero-order valence-corrected chi connectivity index (χ0v) is 11.6. The number of rotatable bonds is 5.